The van der Waals surface area contributed by atoms with E-state index in [9.17, 15) is 9.18 Å². The maximum Gasteiger partial charge on any atom is 0.261 e. The normalized spacial score (nSPS) is 14.2. The zero-order chi connectivity index (χ0) is 18.1. The van der Waals surface area contributed by atoms with Gasteiger partial charge in [-0.05, 0) is 40.2 Å². The summed E-state index contributed by atoms with van der Waals surface area (Å²) in [6.45, 7) is 0.0248. The first-order chi connectivity index (χ1) is 11.4. The van der Waals surface area contributed by atoms with Gasteiger partial charge in [0.2, 0.25) is 5.88 Å². The van der Waals surface area contributed by atoms with Crippen LogP contribution in [-0.4, -0.2) is 31.8 Å². The topological polar surface area (TPSA) is 129 Å². The molecule has 0 aliphatic carbocycles. The Labute approximate surface area is 147 Å². The average Bonchev–Trinajstić information content (AvgIpc) is 2.57. The smallest absolute Gasteiger partial charge is 0.261 e. The molecule has 130 valence electrons. The van der Waals surface area contributed by atoms with E-state index in [1.807, 2.05) is 0 Å². The molecule has 1 unspecified atom stereocenters. The summed E-state index contributed by atoms with van der Waals surface area (Å²) in [6.07, 6.45) is 2.76. The first-order valence-corrected chi connectivity index (χ1v) is 7.65. The largest absolute Gasteiger partial charge is 0.476 e. The molecule has 0 fully saturated rings. The highest BCUT2D eigenvalue weighted by molar-refractivity contribution is 9.12. The van der Waals surface area contributed by atoms with Gasteiger partial charge in [-0.15, -0.1) is 0 Å². The molecule has 0 saturated heterocycles. The quantitative estimate of drug-likeness (QED) is 0.294. The summed E-state index contributed by atoms with van der Waals surface area (Å²) in [5, 5.41) is 2.69. The van der Waals surface area contributed by atoms with Crippen LogP contribution in [0.3, 0.4) is 0 Å². The Morgan fingerprint density at radius 2 is 2.08 bits per heavy atom. The standard InChI is InChI=1S/C15H19BrFN5O2/c1-21-15(13(16)14(20)23)24-8-12(19)9(6-18)7-22-11-4-2-10(17)3-5-11/h2-7,12,21H,8,18-19H2,1H3,(H2,20,23)/b9-6+,15-13-,22-7?. The molecule has 7 N–H and O–H groups in total. The van der Waals surface area contributed by atoms with Crippen molar-refractivity contribution in [2.24, 2.45) is 22.2 Å². The third kappa shape index (κ3) is 6.01. The van der Waals surface area contributed by atoms with E-state index < -0.39 is 11.9 Å². The lowest BCUT2D eigenvalue weighted by Crippen LogP contribution is -2.31. The Bertz CT molecular complexity index is 658. The summed E-state index contributed by atoms with van der Waals surface area (Å²) in [6, 6.07) is 5.04. The highest BCUT2D eigenvalue weighted by atomic mass is 79.9. The summed E-state index contributed by atoms with van der Waals surface area (Å²) >= 11 is 3.02. The van der Waals surface area contributed by atoms with Gasteiger partial charge in [-0.25, -0.2) is 4.39 Å². The van der Waals surface area contributed by atoms with Gasteiger partial charge in [0.25, 0.3) is 5.91 Å². The molecular formula is C15H19BrFN5O2. The molecule has 1 atom stereocenters. The Morgan fingerprint density at radius 1 is 1.46 bits per heavy atom. The van der Waals surface area contributed by atoms with Crippen molar-refractivity contribution in [3.8, 4) is 0 Å². The number of rotatable bonds is 8. The molecule has 1 amide bonds. The molecule has 0 aromatic heterocycles. The minimum atomic E-state index is -0.680. The van der Waals surface area contributed by atoms with Gasteiger partial charge in [-0.3, -0.25) is 9.79 Å². The van der Waals surface area contributed by atoms with E-state index in [4.69, 9.17) is 21.9 Å². The van der Waals surface area contributed by atoms with Gasteiger partial charge < -0.3 is 27.3 Å². The molecule has 0 aliphatic rings. The van der Waals surface area contributed by atoms with E-state index >= 15 is 0 Å². The summed E-state index contributed by atoms with van der Waals surface area (Å²) in [7, 11) is 1.57. The molecule has 1 aromatic rings. The van der Waals surface area contributed by atoms with Gasteiger partial charge in [-0.1, -0.05) is 0 Å². The number of primary amides is 1. The van der Waals surface area contributed by atoms with Crippen molar-refractivity contribution in [1.82, 2.24) is 5.32 Å². The third-order valence-corrected chi connectivity index (χ3v) is 3.61. The van der Waals surface area contributed by atoms with Gasteiger partial charge >= 0.3 is 0 Å². The summed E-state index contributed by atoms with van der Waals surface area (Å²) in [5.41, 5.74) is 17.7. The van der Waals surface area contributed by atoms with Crippen molar-refractivity contribution in [3.63, 3.8) is 0 Å². The molecule has 0 spiro atoms. The van der Waals surface area contributed by atoms with Crippen molar-refractivity contribution in [2.75, 3.05) is 13.7 Å². The van der Waals surface area contributed by atoms with Crippen LogP contribution in [0.2, 0.25) is 0 Å². The monoisotopic (exact) mass is 399 g/mol. The average molecular weight is 400 g/mol. The second kappa shape index (κ2) is 9.68. The van der Waals surface area contributed by atoms with E-state index in [1.54, 1.807) is 7.05 Å². The molecule has 9 heteroatoms. The lowest BCUT2D eigenvalue weighted by atomic mass is 10.1. The fraction of sp³-hybridized carbons (Fsp3) is 0.200. The molecule has 1 aromatic carbocycles. The van der Waals surface area contributed by atoms with Gasteiger partial charge in [0, 0.05) is 25.0 Å². The van der Waals surface area contributed by atoms with Crippen LogP contribution in [0.4, 0.5) is 10.1 Å². The number of nitrogens with one attached hydrogen (secondary N) is 1. The second-order valence-corrected chi connectivity index (χ2v) is 5.37. The third-order valence-electron chi connectivity index (χ3n) is 2.86. The number of carbonyl (C=O) groups is 1. The molecule has 1 rings (SSSR count). The van der Waals surface area contributed by atoms with Crippen LogP contribution in [0.15, 0.2) is 51.4 Å². The minimum Gasteiger partial charge on any atom is -0.476 e. The number of halogens is 2. The number of ether oxygens (including phenoxy) is 1. The van der Waals surface area contributed by atoms with Crippen molar-refractivity contribution >= 4 is 33.7 Å². The summed E-state index contributed by atoms with van der Waals surface area (Å²) in [4.78, 5) is 15.3. The molecule has 7 nitrogen and oxygen atoms in total. The molecule has 0 saturated carbocycles. The Balaban J connectivity index is 2.73. The number of nitrogens with zero attached hydrogens (tertiary/aromatic N) is 1. The number of amides is 1. The van der Waals surface area contributed by atoms with Crippen LogP contribution in [0.1, 0.15) is 0 Å². The highest BCUT2D eigenvalue weighted by Gasteiger charge is 2.13. The maximum atomic E-state index is 12.8. The number of hydrogen-bond donors (Lipinski definition) is 4. The van der Waals surface area contributed by atoms with E-state index in [0.29, 0.717) is 11.3 Å². The van der Waals surface area contributed by atoms with Crippen LogP contribution in [-0.2, 0) is 9.53 Å². The molecule has 0 bridgehead atoms. The lowest BCUT2D eigenvalue weighted by molar-refractivity contribution is -0.114. The van der Waals surface area contributed by atoms with E-state index in [-0.39, 0.29) is 22.8 Å². The number of benzene rings is 1. The fourth-order valence-electron chi connectivity index (χ4n) is 1.57. The zero-order valence-corrected chi connectivity index (χ0v) is 14.6. The summed E-state index contributed by atoms with van der Waals surface area (Å²) in [5.74, 6) is -0.870. The Morgan fingerprint density at radius 3 is 2.58 bits per heavy atom. The number of nitrogens with two attached hydrogens (primary N) is 3. The van der Waals surface area contributed by atoms with E-state index in [1.165, 1.54) is 36.7 Å². The Hall–Kier alpha value is -2.39. The molecule has 24 heavy (non-hydrogen) atoms. The lowest BCUT2D eigenvalue weighted by Gasteiger charge is -2.16. The van der Waals surface area contributed by atoms with Gasteiger partial charge in [0.05, 0.1) is 11.7 Å². The van der Waals surface area contributed by atoms with Crippen molar-refractivity contribution in [2.45, 2.75) is 6.04 Å². The fourth-order valence-corrected chi connectivity index (χ4v) is 1.88. The molecule has 0 heterocycles. The maximum absolute atomic E-state index is 12.8. The SMILES string of the molecule is CN/C(OCC(N)/C(C=Nc1ccc(F)cc1)=C/N)=C(/Br)C(N)=O. The van der Waals surface area contributed by atoms with Crippen LogP contribution < -0.4 is 22.5 Å². The predicted octanol–water partition coefficient (Wildman–Crippen LogP) is 0.983. The van der Waals surface area contributed by atoms with Crippen molar-refractivity contribution in [1.29, 1.82) is 0 Å². The minimum absolute atomic E-state index is 0.0248. The number of carbonyl (C=O) groups excluding carboxylic acids is 1. The number of aliphatic imine (C=N–C) groups is 1. The predicted molar refractivity (Wildman–Crippen MR) is 95.0 cm³/mol. The first-order valence-electron chi connectivity index (χ1n) is 6.86. The van der Waals surface area contributed by atoms with Gasteiger partial charge in [0.15, 0.2) is 0 Å². The van der Waals surface area contributed by atoms with Crippen LogP contribution in [0.5, 0.6) is 0 Å². The Kier molecular flexibility index (Phi) is 7.93. The second-order valence-electron chi connectivity index (χ2n) is 4.58. The highest BCUT2D eigenvalue weighted by Crippen LogP contribution is 2.13. The molecule has 0 radical (unpaired) electrons. The van der Waals surface area contributed by atoms with Gasteiger partial charge in [0.1, 0.15) is 16.9 Å². The summed E-state index contributed by atoms with van der Waals surface area (Å²) < 4.78 is 18.3. The molecular weight excluding hydrogens is 381 g/mol. The van der Waals surface area contributed by atoms with E-state index in [2.05, 4.69) is 26.2 Å². The first kappa shape index (κ1) is 19.7. The van der Waals surface area contributed by atoms with Crippen LogP contribution in [0.25, 0.3) is 0 Å². The van der Waals surface area contributed by atoms with E-state index in [0.717, 1.165) is 0 Å². The van der Waals surface area contributed by atoms with Crippen molar-refractivity contribution in [3.05, 3.63) is 52.2 Å². The number of hydrogen-bond acceptors (Lipinski definition) is 6. The van der Waals surface area contributed by atoms with Gasteiger partial charge in [-0.2, -0.15) is 0 Å². The molecule has 0 aliphatic heterocycles. The van der Waals surface area contributed by atoms with Crippen molar-refractivity contribution < 1.29 is 13.9 Å². The van der Waals surface area contributed by atoms with Crippen LogP contribution in [0, 0.1) is 5.82 Å². The zero-order valence-electron chi connectivity index (χ0n) is 13.0. The van der Waals surface area contributed by atoms with Crippen LogP contribution >= 0.6 is 15.9 Å².